The van der Waals surface area contributed by atoms with Gasteiger partial charge in [-0.15, -0.1) is 0 Å². The van der Waals surface area contributed by atoms with Gasteiger partial charge in [0.2, 0.25) is 0 Å². The molecule has 2 unspecified atom stereocenters. The van der Waals surface area contributed by atoms with E-state index in [-0.39, 0.29) is 18.6 Å². The van der Waals surface area contributed by atoms with Gasteiger partial charge in [-0.3, -0.25) is 4.79 Å². The molecule has 2 N–H and O–H groups in total. The van der Waals surface area contributed by atoms with Crippen LogP contribution in [0.5, 0.6) is 0 Å². The minimum absolute atomic E-state index is 0.0143. The van der Waals surface area contributed by atoms with Crippen LogP contribution >= 0.6 is 0 Å². The smallest absolute Gasteiger partial charge is 0.251 e. The van der Waals surface area contributed by atoms with E-state index in [4.69, 9.17) is 10.2 Å². The van der Waals surface area contributed by atoms with Crippen molar-refractivity contribution in [2.24, 2.45) is 5.92 Å². The van der Waals surface area contributed by atoms with Crippen molar-refractivity contribution >= 4 is 5.91 Å². The molecule has 0 spiro atoms. The maximum atomic E-state index is 11.4. The predicted octanol–water partition coefficient (Wildman–Crippen LogP) is -0.404. The third-order valence-electron chi connectivity index (χ3n) is 2.71. The van der Waals surface area contributed by atoms with Crippen molar-refractivity contribution in [2.75, 3.05) is 13.2 Å². The molecule has 13 heavy (non-hydrogen) atoms. The van der Waals surface area contributed by atoms with Crippen LogP contribution in [0.1, 0.15) is 20.3 Å². The zero-order valence-corrected chi connectivity index (χ0v) is 8.10. The topological polar surface area (TPSA) is 60.8 Å². The fourth-order valence-corrected chi connectivity index (χ4v) is 1.80. The highest BCUT2D eigenvalue weighted by Gasteiger charge is 2.34. The lowest BCUT2D eigenvalue weighted by molar-refractivity contribution is -0.141. The largest absolute Gasteiger partial charge is 0.394 e. The molecule has 3 atom stereocenters. The van der Waals surface area contributed by atoms with Gasteiger partial charge in [0.1, 0.15) is 6.10 Å². The van der Waals surface area contributed by atoms with E-state index in [0.29, 0.717) is 12.5 Å². The fraction of sp³-hybridized carbons (Fsp3) is 0.889. The minimum Gasteiger partial charge on any atom is -0.394 e. The molecule has 1 amide bonds. The second-order valence-corrected chi connectivity index (χ2v) is 3.72. The SMILES string of the molecule is CC1CCN(C(=O)[C@H](C)O)C1CO. The van der Waals surface area contributed by atoms with Crippen molar-refractivity contribution in [2.45, 2.75) is 32.4 Å². The van der Waals surface area contributed by atoms with Gasteiger partial charge in [-0.05, 0) is 19.3 Å². The molecule has 0 radical (unpaired) electrons. The molecule has 1 fully saturated rings. The van der Waals surface area contributed by atoms with E-state index in [1.807, 2.05) is 6.92 Å². The van der Waals surface area contributed by atoms with E-state index >= 15 is 0 Å². The maximum absolute atomic E-state index is 11.4. The van der Waals surface area contributed by atoms with Crippen LogP contribution in [-0.2, 0) is 4.79 Å². The zero-order valence-electron chi connectivity index (χ0n) is 8.10. The molecular formula is C9H17NO3. The van der Waals surface area contributed by atoms with Crippen LogP contribution in [0.15, 0.2) is 0 Å². The molecule has 0 saturated carbocycles. The lowest BCUT2D eigenvalue weighted by atomic mass is 10.0. The second-order valence-electron chi connectivity index (χ2n) is 3.72. The molecule has 0 aromatic carbocycles. The summed E-state index contributed by atoms with van der Waals surface area (Å²) in [6.07, 6.45) is -0.0525. The van der Waals surface area contributed by atoms with Crippen LogP contribution in [0.4, 0.5) is 0 Å². The first kappa shape index (κ1) is 10.5. The van der Waals surface area contributed by atoms with Crippen molar-refractivity contribution < 1.29 is 15.0 Å². The van der Waals surface area contributed by atoms with Gasteiger partial charge in [-0.25, -0.2) is 0 Å². The monoisotopic (exact) mass is 187 g/mol. The number of hydrogen-bond acceptors (Lipinski definition) is 3. The van der Waals surface area contributed by atoms with Crippen molar-refractivity contribution in [3.8, 4) is 0 Å². The van der Waals surface area contributed by atoms with Crippen LogP contribution in [0.3, 0.4) is 0 Å². The highest BCUT2D eigenvalue weighted by molar-refractivity contribution is 5.80. The minimum atomic E-state index is -0.959. The average molecular weight is 187 g/mol. The van der Waals surface area contributed by atoms with E-state index in [1.54, 1.807) is 4.90 Å². The molecule has 0 aromatic heterocycles. The number of aliphatic hydroxyl groups excluding tert-OH is 2. The third-order valence-corrected chi connectivity index (χ3v) is 2.71. The van der Waals surface area contributed by atoms with Gasteiger partial charge < -0.3 is 15.1 Å². The van der Waals surface area contributed by atoms with Crippen LogP contribution in [-0.4, -0.2) is 46.3 Å². The van der Waals surface area contributed by atoms with Gasteiger partial charge in [0.15, 0.2) is 0 Å². The van der Waals surface area contributed by atoms with Gasteiger partial charge in [0.25, 0.3) is 5.91 Å². The summed E-state index contributed by atoms with van der Waals surface area (Å²) in [5.74, 6) is 0.0519. The molecule has 0 aromatic rings. The normalized spacial score (nSPS) is 30.6. The summed E-state index contributed by atoms with van der Waals surface area (Å²) in [4.78, 5) is 13.0. The highest BCUT2D eigenvalue weighted by Crippen LogP contribution is 2.23. The van der Waals surface area contributed by atoms with Gasteiger partial charge in [-0.1, -0.05) is 6.92 Å². The number of aliphatic hydroxyl groups is 2. The van der Waals surface area contributed by atoms with Crippen LogP contribution in [0.25, 0.3) is 0 Å². The Hall–Kier alpha value is -0.610. The molecule has 1 rings (SSSR count). The maximum Gasteiger partial charge on any atom is 0.251 e. The Balaban J connectivity index is 2.65. The van der Waals surface area contributed by atoms with Crippen molar-refractivity contribution in [3.05, 3.63) is 0 Å². The van der Waals surface area contributed by atoms with Gasteiger partial charge in [0.05, 0.1) is 12.6 Å². The fourth-order valence-electron chi connectivity index (χ4n) is 1.80. The summed E-state index contributed by atoms with van der Waals surface area (Å²) >= 11 is 0. The Morgan fingerprint density at radius 3 is 2.77 bits per heavy atom. The Kier molecular flexibility index (Phi) is 3.27. The summed E-state index contributed by atoms with van der Waals surface area (Å²) in [6.45, 7) is 4.10. The first-order valence-electron chi connectivity index (χ1n) is 4.67. The van der Waals surface area contributed by atoms with Crippen LogP contribution in [0, 0.1) is 5.92 Å². The molecule has 1 heterocycles. The summed E-state index contributed by atoms with van der Waals surface area (Å²) in [5.41, 5.74) is 0. The number of amides is 1. The molecule has 4 nitrogen and oxygen atoms in total. The van der Waals surface area contributed by atoms with E-state index < -0.39 is 6.10 Å². The highest BCUT2D eigenvalue weighted by atomic mass is 16.3. The molecule has 76 valence electrons. The van der Waals surface area contributed by atoms with E-state index in [1.165, 1.54) is 6.92 Å². The summed E-state index contributed by atoms with van der Waals surface area (Å²) in [5, 5.41) is 18.2. The first-order chi connectivity index (χ1) is 6.07. The molecule has 0 bridgehead atoms. The molecule has 1 aliphatic rings. The molecule has 1 aliphatic heterocycles. The van der Waals surface area contributed by atoms with Crippen molar-refractivity contribution in [3.63, 3.8) is 0 Å². The third kappa shape index (κ3) is 2.00. The van der Waals surface area contributed by atoms with Crippen molar-refractivity contribution in [1.29, 1.82) is 0 Å². The Morgan fingerprint density at radius 2 is 2.31 bits per heavy atom. The lowest BCUT2D eigenvalue weighted by Crippen LogP contribution is -2.44. The van der Waals surface area contributed by atoms with Crippen LogP contribution in [0.2, 0.25) is 0 Å². The van der Waals surface area contributed by atoms with Crippen LogP contribution < -0.4 is 0 Å². The Bertz CT molecular complexity index is 193. The van der Waals surface area contributed by atoms with Gasteiger partial charge in [-0.2, -0.15) is 0 Å². The number of likely N-dealkylation sites (tertiary alicyclic amines) is 1. The Labute approximate surface area is 78.2 Å². The predicted molar refractivity (Wildman–Crippen MR) is 48.0 cm³/mol. The number of rotatable bonds is 2. The quantitative estimate of drug-likeness (QED) is 0.618. The molecule has 1 saturated heterocycles. The standard InChI is InChI=1S/C9H17NO3/c1-6-3-4-10(8(6)5-11)9(13)7(2)12/h6-8,11-12H,3-5H2,1-2H3/t6?,7-,8?/m0/s1. The van der Waals surface area contributed by atoms with E-state index in [2.05, 4.69) is 0 Å². The summed E-state index contributed by atoms with van der Waals surface area (Å²) in [6, 6.07) is -0.109. The van der Waals surface area contributed by atoms with Crippen molar-refractivity contribution in [1.82, 2.24) is 4.90 Å². The number of hydrogen-bond donors (Lipinski definition) is 2. The summed E-state index contributed by atoms with van der Waals surface area (Å²) in [7, 11) is 0. The molecule has 0 aliphatic carbocycles. The number of carbonyl (C=O) groups excluding carboxylic acids is 1. The average Bonchev–Trinajstić information content (AvgIpc) is 2.45. The van der Waals surface area contributed by atoms with E-state index in [0.717, 1.165) is 6.42 Å². The molecular weight excluding hydrogens is 170 g/mol. The number of nitrogens with zero attached hydrogens (tertiary/aromatic N) is 1. The van der Waals surface area contributed by atoms with E-state index in [9.17, 15) is 4.79 Å². The Morgan fingerprint density at radius 1 is 1.69 bits per heavy atom. The first-order valence-corrected chi connectivity index (χ1v) is 4.67. The lowest BCUT2D eigenvalue weighted by Gasteiger charge is -2.26. The summed E-state index contributed by atoms with van der Waals surface area (Å²) < 4.78 is 0. The zero-order chi connectivity index (χ0) is 10.0. The molecule has 4 heteroatoms. The van der Waals surface area contributed by atoms with Gasteiger partial charge in [0, 0.05) is 6.54 Å². The second kappa shape index (κ2) is 4.07. The number of carbonyl (C=O) groups is 1. The van der Waals surface area contributed by atoms with Gasteiger partial charge >= 0.3 is 0 Å².